The molecule has 0 aromatic carbocycles. The van der Waals surface area contributed by atoms with Crippen molar-refractivity contribution in [1.82, 2.24) is 0 Å². The third-order valence-electron chi connectivity index (χ3n) is 2.68. The quantitative estimate of drug-likeness (QED) is 0.156. The van der Waals surface area contributed by atoms with E-state index in [1.54, 1.807) is 0 Å². The van der Waals surface area contributed by atoms with Crippen LogP contribution in [0.3, 0.4) is 0 Å². The summed E-state index contributed by atoms with van der Waals surface area (Å²) in [5.41, 5.74) is 0. The first-order valence-electron chi connectivity index (χ1n) is 7.23. The van der Waals surface area contributed by atoms with Crippen molar-refractivity contribution in [3.8, 4) is 0 Å². The molecule has 0 bridgehead atoms. The van der Waals surface area contributed by atoms with Gasteiger partial charge in [0.15, 0.2) is 0 Å². The molecule has 0 aliphatic rings. The zero-order valence-corrected chi connectivity index (χ0v) is 12.2. The molecule has 0 spiro atoms. The number of ether oxygens (including phenoxy) is 2. The van der Waals surface area contributed by atoms with Gasteiger partial charge in [-0.1, -0.05) is 44.7 Å². The summed E-state index contributed by atoms with van der Waals surface area (Å²) < 4.78 is 10.3. The van der Waals surface area contributed by atoms with E-state index in [9.17, 15) is 4.79 Å². The van der Waals surface area contributed by atoms with Gasteiger partial charge in [0, 0.05) is 6.42 Å². The summed E-state index contributed by atoms with van der Waals surface area (Å²) in [6, 6.07) is 0. The van der Waals surface area contributed by atoms with E-state index in [-0.39, 0.29) is 24.7 Å². The van der Waals surface area contributed by atoms with E-state index in [0.29, 0.717) is 13.2 Å². The van der Waals surface area contributed by atoms with E-state index in [2.05, 4.69) is 19.0 Å². The Morgan fingerprint density at radius 1 is 0.947 bits per heavy atom. The Bertz CT molecular complexity index is 254. The third-order valence-corrected chi connectivity index (χ3v) is 2.68. The molecule has 0 radical (unpaired) electrons. The van der Waals surface area contributed by atoms with Crippen LogP contribution in [-0.4, -0.2) is 30.3 Å². The van der Waals surface area contributed by atoms with E-state index in [4.69, 9.17) is 14.7 Å². The number of hydrogen-bond acceptors (Lipinski definition) is 5. The Labute approximate surface area is 116 Å². The Kier molecular flexibility index (Phi) is 12.3. The molecule has 1 N–H and O–H groups in total. The van der Waals surface area contributed by atoms with E-state index in [1.807, 2.05) is 0 Å². The first kappa shape index (κ1) is 17.7. The van der Waals surface area contributed by atoms with Gasteiger partial charge >= 0.3 is 5.97 Å². The number of oxime groups is 1. The molecule has 5 heteroatoms. The zero-order chi connectivity index (χ0) is 14.3. The summed E-state index contributed by atoms with van der Waals surface area (Å²) >= 11 is 0. The van der Waals surface area contributed by atoms with Gasteiger partial charge in [-0.25, -0.2) is 0 Å². The van der Waals surface area contributed by atoms with Crippen molar-refractivity contribution in [2.45, 2.75) is 65.2 Å². The van der Waals surface area contributed by atoms with Gasteiger partial charge in [0.05, 0.1) is 19.6 Å². The van der Waals surface area contributed by atoms with Gasteiger partial charge in [0.2, 0.25) is 5.90 Å². The number of esters is 1. The lowest BCUT2D eigenvalue weighted by Crippen LogP contribution is -2.12. The summed E-state index contributed by atoms with van der Waals surface area (Å²) in [5.74, 6) is -0.0592. The summed E-state index contributed by atoms with van der Waals surface area (Å²) in [4.78, 5) is 11.4. The van der Waals surface area contributed by atoms with Crippen LogP contribution in [0.2, 0.25) is 0 Å². The molecule has 0 saturated carbocycles. The summed E-state index contributed by atoms with van der Waals surface area (Å²) in [6.07, 6.45) is 6.67. The number of rotatable bonds is 11. The van der Waals surface area contributed by atoms with Gasteiger partial charge in [-0.3, -0.25) is 4.79 Å². The molecule has 5 nitrogen and oxygen atoms in total. The second-order valence-corrected chi connectivity index (χ2v) is 4.48. The van der Waals surface area contributed by atoms with E-state index in [0.717, 1.165) is 38.5 Å². The van der Waals surface area contributed by atoms with Gasteiger partial charge in [-0.05, 0) is 12.8 Å². The number of hydrogen-bond donors (Lipinski definition) is 1. The fourth-order valence-electron chi connectivity index (χ4n) is 1.51. The van der Waals surface area contributed by atoms with Crippen LogP contribution in [0.1, 0.15) is 65.2 Å². The lowest BCUT2D eigenvalue weighted by Gasteiger charge is -2.07. The van der Waals surface area contributed by atoms with E-state index >= 15 is 0 Å². The van der Waals surface area contributed by atoms with Crippen LogP contribution in [-0.2, 0) is 14.3 Å². The first-order valence-corrected chi connectivity index (χ1v) is 7.23. The molecule has 0 unspecified atom stereocenters. The van der Waals surface area contributed by atoms with Crippen molar-refractivity contribution >= 4 is 11.9 Å². The topological polar surface area (TPSA) is 68.1 Å². The molecule has 0 aliphatic heterocycles. The fraction of sp³-hybridized carbons (Fsp3) is 0.857. The Balaban J connectivity index is 3.61. The van der Waals surface area contributed by atoms with Crippen LogP contribution in [0.4, 0.5) is 0 Å². The molecule has 19 heavy (non-hydrogen) atoms. The lowest BCUT2D eigenvalue weighted by molar-refractivity contribution is -0.143. The third kappa shape index (κ3) is 11.6. The fourth-order valence-corrected chi connectivity index (χ4v) is 1.51. The van der Waals surface area contributed by atoms with E-state index in [1.165, 1.54) is 0 Å². The van der Waals surface area contributed by atoms with Crippen LogP contribution in [0, 0.1) is 0 Å². The van der Waals surface area contributed by atoms with Crippen molar-refractivity contribution in [2.75, 3.05) is 13.2 Å². The van der Waals surface area contributed by atoms with Gasteiger partial charge in [-0.2, -0.15) is 0 Å². The highest BCUT2D eigenvalue weighted by atomic mass is 16.5. The van der Waals surface area contributed by atoms with Crippen molar-refractivity contribution in [3.63, 3.8) is 0 Å². The van der Waals surface area contributed by atoms with Crippen LogP contribution < -0.4 is 0 Å². The summed E-state index contributed by atoms with van der Waals surface area (Å²) in [6.45, 7) is 5.20. The average molecular weight is 273 g/mol. The molecule has 0 rings (SSSR count). The van der Waals surface area contributed by atoms with E-state index < -0.39 is 0 Å². The number of nitrogens with zero attached hydrogens (tertiary/aromatic N) is 1. The molecular weight excluding hydrogens is 246 g/mol. The summed E-state index contributed by atoms with van der Waals surface area (Å²) in [5, 5.41) is 11.8. The van der Waals surface area contributed by atoms with Gasteiger partial charge in [0.1, 0.15) is 0 Å². The molecule has 0 atom stereocenters. The second kappa shape index (κ2) is 13.2. The normalized spacial score (nSPS) is 11.4. The predicted octanol–water partition coefficient (Wildman–Crippen LogP) is 3.49. The number of carbonyl (C=O) groups is 1. The van der Waals surface area contributed by atoms with Gasteiger partial charge in [-0.15, -0.1) is 0 Å². The van der Waals surface area contributed by atoms with Gasteiger partial charge < -0.3 is 14.7 Å². The summed E-state index contributed by atoms with van der Waals surface area (Å²) in [7, 11) is 0. The molecule has 0 aliphatic carbocycles. The maximum Gasteiger partial charge on any atom is 0.306 e. The highest BCUT2D eigenvalue weighted by Crippen LogP contribution is 2.02. The smallest absolute Gasteiger partial charge is 0.306 e. The van der Waals surface area contributed by atoms with Crippen molar-refractivity contribution in [1.29, 1.82) is 0 Å². The Hall–Kier alpha value is -1.26. The first-order chi connectivity index (χ1) is 9.24. The molecule has 0 amide bonds. The van der Waals surface area contributed by atoms with Crippen molar-refractivity contribution in [2.24, 2.45) is 5.16 Å². The minimum absolute atomic E-state index is 0.194. The SMILES string of the molecule is CCCCCOC(=O)CC/C(=N/O)OCCCCC. The average Bonchev–Trinajstić information content (AvgIpc) is 2.43. The van der Waals surface area contributed by atoms with Crippen LogP contribution in [0.15, 0.2) is 5.16 Å². The maximum atomic E-state index is 11.4. The van der Waals surface area contributed by atoms with Crippen LogP contribution in [0.5, 0.6) is 0 Å². The predicted molar refractivity (Wildman–Crippen MR) is 74.4 cm³/mol. The monoisotopic (exact) mass is 273 g/mol. The highest BCUT2D eigenvalue weighted by Gasteiger charge is 2.08. The molecule has 0 heterocycles. The molecule has 0 saturated heterocycles. The lowest BCUT2D eigenvalue weighted by atomic mass is 10.2. The standard InChI is InChI=1S/C14H27NO4/c1-3-5-7-11-18-13(15-17)9-10-14(16)19-12-8-6-4-2/h17H,3-12H2,1-2H3/b15-13-. The maximum absolute atomic E-state index is 11.4. The molecule has 112 valence electrons. The van der Waals surface area contributed by atoms with Crippen LogP contribution in [0.25, 0.3) is 0 Å². The molecule has 0 aromatic rings. The zero-order valence-electron chi connectivity index (χ0n) is 12.2. The number of unbranched alkanes of at least 4 members (excludes halogenated alkanes) is 4. The largest absolute Gasteiger partial charge is 0.479 e. The van der Waals surface area contributed by atoms with Gasteiger partial charge in [0.25, 0.3) is 0 Å². The Morgan fingerprint density at radius 3 is 2.05 bits per heavy atom. The van der Waals surface area contributed by atoms with Crippen LogP contribution >= 0.6 is 0 Å². The molecule has 0 fully saturated rings. The second-order valence-electron chi connectivity index (χ2n) is 4.48. The molecule has 0 aromatic heterocycles. The highest BCUT2D eigenvalue weighted by molar-refractivity contribution is 5.80. The minimum Gasteiger partial charge on any atom is -0.479 e. The minimum atomic E-state index is -0.269. The number of carbonyl (C=O) groups excluding carboxylic acids is 1. The van der Waals surface area contributed by atoms with Crippen molar-refractivity contribution in [3.05, 3.63) is 0 Å². The Morgan fingerprint density at radius 2 is 1.53 bits per heavy atom. The van der Waals surface area contributed by atoms with Crippen molar-refractivity contribution < 1.29 is 19.5 Å². The molecular formula is C14H27NO4.